The Morgan fingerprint density at radius 1 is 1.19 bits per heavy atom. The highest BCUT2D eigenvalue weighted by molar-refractivity contribution is 5.38. The number of aliphatic hydroxyl groups is 1. The van der Waals surface area contributed by atoms with Crippen LogP contribution in [0.5, 0.6) is 11.5 Å². The van der Waals surface area contributed by atoms with Crippen molar-refractivity contribution in [1.29, 1.82) is 0 Å². The Morgan fingerprint density at radius 2 is 1.95 bits per heavy atom. The normalized spacial score (nSPS) is 12.1. The van der Waals surface area contributed by atoms with Crippen molar-refractivity contribution in [3.8, 4) is 11.5 Å². The molecule has 0 aliphatic rings. The van der Waals surface area contributed by atoms with Gasteiger partial charge in [-0.1, -0.05) is 29.8 Å². The van der Waals surface area contributed by atoms with E-state index >= 15 is 0 Å². The van der Waals surface area contributed by atoms with Crippen LogP contribution in [0.4, 0.5) is 0 Å². The van der Waals surface area contributed by atoms with Gasteiger partial charge >= 0.3 is 0 Å². The Labute approximate surface area is 125 Å². The van der Waals surface area contributed by atoms with E-state index in [4.69, 9.17) is 4.74 Å². The number of methoxy groups -OCH3 is 1. The van der Waals surface area contributed by atoms with Gasteiger partial charge in [-0.2, -0.15) is 0 Å². The van der Waals surface area contributed by atoms with Crippen molar-refractivity contribution >= 4 is 0 Å². The fourth-order valence-corrected chi connectivity index (χ4v) is 2.23. The Morgan fingerprint density at radius 3 is 2.67 bits per heavy atom. The van der Waals surface area contributed by atoms with Gasteiger partial charge < -0.3 is 20.3 Å². The number of hydrogen-bond donors (Lipinski definition) is 3. The molecule has 2 aromatic rings. The van der Waals surface area contributed by atoms with Crippen molar-refractivity contribution in [2.75, 3.05) is 13.7 Å². The van der Waals surface area contributed by atoms with Crippen molar-refractivity contribution in [3.05, 3.63) is 59.2 Å². The summed E-state index contributed by atoms with van der Waals surface area (Å²) < 4.78 is 5.28. The number of aromatic hydroxyl groups is 1. The Balaban J connectivity index is 1.97. The second kappa shape index (κ2) is 7.11. The molecular formula is C17H21NO3. The molecule has 0 saturated carbocycles. The first-order chi connectivity index (χ1) is 10.1. The molecule has 4 heteroatoms. The van der Waals surface area contributed by atoms with Crippen molar-refractivity contribution in [3.63, 3.8) is 0 Å². The summed E-state index contributed by atoms with van der Waals surface area (Å²) in [4.78, 5) is 0. The average Bonchev–Trinajstić information content (AvgIpc) is 2.49. The Bertz CT molecular complexity index is 598. The minimum Gasteiger partial charge on any atom is -0.508 e. The molecule has 0 radical (unpaired) electrons. The maximum absolute atomic E-state index is 10.3. The van der Waals surface area contributed by atoms with Gasteiger partial charge in [0.1, 0.15) is 11.5 Å². The largest absolute Gasteiger partial charge is 0.508 e. The number of hydrogen-bond acceptors (Lipinski definition) is 4. The lowest BCUT2D eigenvalue weighted by atomic mass is 10.0. The van der Waals surface area contributed by atoms with Gasteiger partial charge in [-0.15, -0.1) is 0 Å². The molecule has 4 nitrogen and oxygen atoms in total. The molecule has 3 N–H and O–H groups in total. The van der Waals surface area contributed by atoms with Crippen LogP contribution in [0.1, 0.15) is 22.8 Å². The zero-order valence-electron chi connectivity index (χ0n) is 12.3. The van der Waals surface area contributed by atoms with Crippen molar-refractivity contribution in [2.24, 2.45) is 0 Å². The summed E-state index contributed by atoms with van der Waals surface area (Å²) in [7, 11) is 1.59. The van der Waals surface area contributed by atoms with Gasteiger partial charge in [0.15, 0.2) is 0 Å². The second-order valence-corrected chi connectivity index (χ2v) is 5.02. The zero-order chi connectivity index (χ0) is 15.2. The molecule has 0 aromatic heterocycles. The van der Waals surface area contributed by atoms with Gasteiger partial charge in [0.05, 0.1) is 13.2 Å². The summed E-state index contributed by atoms with van der Waals surface area (Å²) in [5, 5.41) is 23.1. The molecule has 0 bridgehead atoms. The number of nitrogens with one attached hydrogen (secondary N) is 1. The molecular weight excluding hydrogens is 266 g/mol. The highest BCUT2D eigenvalue weighted by Gasteiger charge is 2.13. The lowest BCUT2D eigenvalue weighted by Crippen LogP contribution is -2.21. The third-order valence-electron chi connectivity index (χ3n) is 3.39. The van der Waals surface area contributed by atoms with E-state index in [2.05, 4.69) is 5.32 Å². The fraction of sp³-hybridized carbons (Fsp3) is 0.294. The van der Waals surface area contributed by atoms with E-state index in [-0.39, 0.29) is 5.75 Å². The average molecular weight is 287 g/mol. The molecule has 1 atom stereocenters. The SMILES string of the molecule is COc1ccc(C)cc1C(O)CNCc1ccccc1O. The van der Waals surface area contributed by atoms with Crippen LogP contribution in [-0.2, 0) is 6.54 Å². The number of ether oxygens (including phenoxy) is 1. The van der Waals surface area contributed by atoms with E-state index in [1.807, 2.05) is 37.3 Å². The first kappa shape index (κ1) is 15.4. The predicted octanol–water partition coefficient (Wildman–Crippen LogP) is 2.53. The predicted molar refractivity (Wildman–Crippen MR) is 82.5 cm³/mol. The molecule has 0 saturated heterocycles. The molecule has 1 unspecified atom stereocenters. The highest BCUT2D eigenvalue weighted by Crippen LogP contribution is 2.26. The minimum absolute atomic E-state index is 0.257. The minimum atomic E-state index is -0.661. The topological polar surface area (TPSA) is 61.7 Å². The fourth-order valence-electron chi connectivity index (χ4n) is 2.23. The van der Waals surface area contributed by atoms with Crippen LogP contribution < -0.4 is 10.1 Å². The molecule has 0 spiro atoms. The maximum Gasteiger partial charge on any atom is 0.124 e. The van der Waals surface area contributed by atoms with E-state index in [0.29, 0.717) is 18.8 Å². The first-order valence-corrected chi connectivity index (χ1v) is 6.92. The number of phenols is 1. The van der Waals surface area contributed by atoms with Crippen LogP contribution in [0.25, 0.3) is 0 Å². The second-order valence-electron chi connectivity index (χ2n) is 5.02. The number of aliphatic hydroxyl groups excluding tert-OH is 1. The quantitative estimate of drug-likeness (QED) is 0.764. The van der Waals surface area contributed by atoms with Crippen LogP contribution >= 0.6 is 0 Å². The van der Waals surface area contributed by atoms with Gasteiger partial charge in [0, 0.05) is 24.2 Å². The van der Waals surface area contributed by atoms with Crippen LogP contribution in [0.2, 0.25) is 0 Å². The maximum atomic E-state index is 10.3. The number of benzene rings is 2. The first-order valence-electron chi connectivity index (χ1n) is 6.92. The van der Waals surface area contributed by atoms with Gasteiger partial charge in [0.25, 0.3) is 0 Å². The Kier molecular flexibility index (Phi) is 5.20. The third kappa shape index (κ3) is 3.97. The van der Waals surface area contributed by atoms with Crippen molar-refractivity contribution in [1.82, 2.24) is 5.32 Å². The summed E-state index contributed by atoms with van der Waals surface area (Å²) >= 11 is 0. The molecule has 0 heterocycles. The lowest BCUT2D eigenvalue weighted by molar-refractivity contribution is 0.170. The monoisotopic (exact) mass is 287 g/mol. The number of aryl methyl sites for hydroxylation is 1. The van der Waals surface area contributed by atoms with Crippen LogP contribution in [0.15, 0.2) is 42.5 Å². The summed E-state index contributed by atoms with van der Waals surface area (Å²) in [5.74, 6) is 0.935. The van der Waals surface area contributed by atoms with E-state index in [1.165, 1.54) is 0 Å². The van der Waals surface area contributed by atoms with Crippen molar-refractivity contribution in [2.45, 2.75) is 19.6 Å². The molecule has 0 amide bonds. The molecule has 112 valence electrons. The van der Waals surface area contributed by atoms with Gasteiger partial charge in [-0.25, -0.2) is 0 Å². The van der Waals surface area contributed by atoms with Crippen molar-refractivity contribution < 1.29 is 14.9 Å². The number of phenolic OH excluding ortho intramolecular Hbond substituents is 1. The summed E-state index contributed by atoms with van der Waals surface area (Å²) in [6.07, 6.45) is -0.661. The van der Waals surface area contributed by atoms with Crippen LogP contribution in [0, 0.1) is 6.92 Å². The number of rotatable bonds is 6. The zero-order valence-corrected chi connectivity index (χ0v) is 12.3. The van der Waals surface area contributed by atoms with E-state index < -0.39 is 6.10 Å². The van der Waals surface area contributed by atoms with Crippen LogP contribution in [0.3, 0.4) is 0 Å². The number of para-hydroxylation sites is 1. The smallest absolute Gasteiger partial charge is 0.124 e. The van der Waals surface area contributed by atoms with E-state index in [0.717, 1.165) is 16.7 Å². The van der Waals surface area contributed by atoms with Gasteiger partial charge in [-0.05, 0) is 25.1 Å². The van der Waals surface area contributed by atoms with E-state index in [1.54, 1.807) is 19.2 Å². The Hall–Kier alpha value is -2.04. The summed E-state index contributed by atoms with van der Waals surface area (Å²) in [6, 6.07) is 12.9. The molecule has 2 rings (SSSR count). The summed E-state index contributed by atoms with van der Waals surface area (Å²) in [5.41, 5.74) is 2.65. The lowest BCUT2D eigenvalue weighted by Gasteiger charge is -2.16. The van der Waals surface area contributed by atoms with Gasteiger partial charge in [0.2, 0.25) is 0 Å². The van der Waals surface area contributed by atoms with Gasteiger partial charge in [-0.3, -0.25) is 0 Å². The third-order valence-corrected chi connectivity index (χ3v) is 3.39. The standard InChI is InChI=1S/C17H21NO3/c1-12-7-8-17(21-2)14(9-12)16(20)11-18-10-13-5-3-4-6-15(13)19/h3-9,16,18-20H,10-11H2,1-2H3. The van der Waals surface area contributed by atoms with E-state index in [9.17, 15) is 10.2 Å². The molecule has 0 fully saturated rings. The molecule has 0 aliphatic heterocycles. The van der Waals surface area contributed by atoms with Crippen LogP contribution in [-0.4, -0.2) is 23.9 Å². The molecule has 2 aromatic carbocycles. The summed E-state index contributed by atoms with van der Waals surface area (Å²) in [6.45, 7) is 2.86. The molecule has 0 aliphatic carbocycles. The molecule has 21 heavy (non-hydrogen) atoms. The highest BCUT2D eigenvalue weighted by atomic mass is 16.5.